The number of para-hydroxylation sites is 1. The maximum Gasteiger partial charge on any atom is 0.123 e. The molecule has 0 unspecified atom stereocenters. The lowest BCUT2D eigenvalue weighted by Crippen LogP contribution is -2.26. The standard InChI is InChI=1S/C11H14O/c1-11(2)7-8-12-10-6-4-3-5-9(10)11/h3-6H,7-8H2,1-2H3. The Morgan fingerprint density at radius 3 is 2.75 bits per heavy atom. The molecule has 1 aliphatic heterocycles. The van der Waals surface area contributed by atoms with Crippen LogP contribution in [-0.2, 0) is 5.41 Å². The van der Waals surface area contributed by atoms with Crippen LogP contribution in [-0.4, -0.2) is 6.61 Å². The summed E-state index contributed by atoms with van der Waals surface area (Å²) in [5.74, 6) is 1.06. The van der Waals surface area contributed by atoms with Crippen molar-refractivity contribution in [2.45, 2.75) is 25.7 Å². The summed E-state index contributed by atoms with van der Waals surface area (Å²) in [5.41, 5.74) is 1.63. The molecule has 0 fully saturated rings. The van der Waals surface area contributed by atoms with E-state index >= 15 is 0 Å². The number of benzene rings is 1. The average molecular weight is 162 g/mol. The second-order valence-corrected chi connectivity index (χ2v) is 3.98. The van der Waals surface area contributed by atoms with Crippen LogP contribution >= 0.6 is 0 Å². The van der Waals surface area contributed by atoms with Crippen molar-refractivity contribution in [1.29, 1.82) is 0 Å². The molecule has 64 valence electrons. The molecule has 1 aromatic rings. The summed E-state index contributed by atoms with van der Waals surface area (Å²) in [6, 6.07) is 8.32. The number of ether oxygens (including phenoxy) is 1. The third-order valence-corrected chi connectivity index (χ3v) is 2.60. The first kappa shape index (κ1) is 7.66. The highest BCUT2D eigenvalue weighted by Crippen LogP contribution is 2.37. The van der Waals surface area contributed by atoms with Gasteiger partial charge in [-0.3, -0.25) is 0 Å². The summed E-state index contributed by atoms with van der Waals surface area (Å²) in [5, 5.41) is 0. The number of hydrogen-bond donors (Lipinski definition) is 0. The smallest absolute Gasteiger partial charge is 0.123 e. The van der Waals surface area contributed by atoms with Crippen molar-refractivity contribution >= 4 is 0 Å². The van der Waals surface area contributed by atoms with Gasteiger partial charge in [0.1, 0.15) is 5.75 Å². The van der Waals surface area contributed by atoms with Gasteiger partial charge in [-0.1, -0.05) is 32.0 Å². The fourth-order valence-electron chi connectivity index (χ4n) is 1.70. The molecule has 1 aliphatic rings. The van der Waals surface area contributed by atoms with E-state index in [-0.39, 0.29) is 5.41 Å². The second kappa shape index (κ2) is 2.51. The first-order valence-electron chi connectivity index (χ1n) is 4.42. The van der Waals surface area contributed by atoms with Crippen molar-refractivity contribution in [1.82, 2.24) is 0 Å². The molecule has 0 N–H and O–H groups in total. The molecular weight excluding hydrogens is 148 g/mol. The van der Waals surface area contributed by atoms with Gasteiger partial charge in [0.15, 0.2) is 0 Å². The van der Waals surface area contributed by atoms with Crippen molar-refractivity contribution in [3.05, 3.63) is 29.8 Å². The van der Waals surface area contributed by atoms with Crippen molar-refractivity contribution in [2.75, 3.05) is 6.61 Å². The van der Waals surface area contributed by atoms with Crippen LogP contribution in [0.5, 0.6) is 5.75 Å². The van der Waals surface area contributed by atoms with Gasteiger partial charge in [-0.25, -0.2) is 0 Å². The van der Waals surface area contributed by atoms with Crippen LogP contribution in [0.25, 0.3) is 0 Å². The third kappa shape index (κ3) is 1.09. The molecular formula is C11H14O. The Labute approximate surface area is 73.4 Å². The molecule has 0 atom stereocenters. The molecule has 0 aromatic heterocycles. The minimum atomic E-state index is 0.287. The van der Waals surface area contributed by atoms with E-state index in [9.17, 15) is 0 Å². The summed E-state index contributed by atoms with van der Waals surface area (Å²) in [6.07, 6.45) is 1.12. The zero-order chi connectivity index (χ0) is 8.60. The molecule has 1 aromatic carbocycles. The summed E-state index contributed by atoms with van der Waals surface area (Å²) in [7, 11) is 0. The summed E-state index contributed by atoms with van der Waals surface area (Å²) >= 11 is 0. The number of rotatable bonds is 0. The van der Waals surface area contributed by atoms with E-state index in [0.717, 1.165) is 18.8 Å². The highest BCUT2D eigenvalue weighted by molar-refractivity contribution is 5.40. The Balaban J connectivity index is 2.52. The van der Waals surface area contributed by atoms with Crippen LogP contribution in [0.3, 0.4) is 0 Å². The van der Waals surface area contributed by atoms with E-state index in [1.54, 1.807) is 0 Å². The van der Waals surface area contributed by atoms with Gasteiger partial charge in [-0.2, -0.15) is 0 Å². The normalized spacial score (nSPS) is 19.5. The van der Waals surface area contributed by atoms with E-state index in [1.165, 1.54) is 5.56 Å². The lowest BCUT2D eigenvalue weighted by molar-refractivity contribution is 0.234. The van der Waals surface area contributed by atoms with Gasteiger partial charge in [0.05, 0.1) is 6.61 Å². The van der Waals surface area contributed by atoms with E-state index in [0.29, 0.717) is 0 Å². The van der Waals surface area contributed by atoms with Gasteiger partial charge < -0.3 is 4.74 Å². The predicted molar refractivity (Wildman–Crippen MR) is 49.6 cm³/mol. The Kier molecular flexibility index (Phi) is 1.60. The predicted octanol–water partition coefficient (Wildman–Crippen LogP) is 2.75. The fourth-order valence-corrected chi connectivity index (χ4v) is 1.70. The third-order valence-electron chi connectivity index (χ3n) is 2.60. The van der Waals surface area contributed by atoms with E-state index in [1.807, 2.05) is 6.07 Å². The van der Waals surface area contributed by atoms with E-state index in [2.05, 4.69) is 32.0 Å². The first-order chi connectivity index (χ1) is 5.70. The van der Waals surface area contributed by atoms with Crippen molar-refractivity contribution in [3.8, 4) is 5.75 Å². The molecule has 1 heteroatoms. The summed E-state index contributed by atoms with van der Waals surface area (Å²) in [4.78, 5) is 0. The molecule has 0 spiro atoms. The second-order valence-electron chi connectivity index (χ2n) is 3.98. The van der Waals surface area contributed by atoms with Gasteiger partial charge >= 0.3 is 0 Å². The minimum Gasteiger partial charge on any atom is -0.493 e. The lowest BCUT2D eigenvalue weighted by atomic mass is 9.80. The van der Waals surface area contributed by atoms with Gasteiger partial charge in [-0.15, -0.1) is 0 Å². The molecule has 0 amide bonds. The van der Waals surface area contributed by atoms with Crippen LogP contribution < -0.4 is 4.74 Å². The maximum atomic E-state index is 5.56. The summed E-state index contributed by atoms with van der Waals surface area (Å²) in [6.45, 7) is 5.40. The topological polar surface area (TPSA) is 9.23 Å². The molecule has 1 heterocycles. The number of hydrogen-bond acceptors (Lipinski definition) is 1. The largest absolute Gasteiger partial charge is 0.493 e. The van der Waals surface area contributed by atoms with Gasteiger partial charge in [0.2, 0.25) is 0 Å². The molecule has 0 bridgehead atoms. The zero-order valence-electron chi connectivity index (χ0n) is 7.63. The minimum absolute atomic E-state index is 0.287. The molecule has 0 saturated carbocycles. The van der Waals surface area contributed by atoms with E-state index < -0.39 is 0 Å². The van der Waals surface area contributed by atoms with Crippen molar-refractivity contribution in [3.63, 3.8) is 0 Å². The first-order valence-corrected chi connectivity index (χ1v) is 4.42. The van der Waals surface area contributed by atoms with Crippen LogP contribution in [0.1, 0.15) is 25.8 Å². The van der Waals surface area contributed by atoms with Crippen LogP contribution in [0.2, 0.25) is 0 Å². The fraction of sp³-hybridized carbons (Fsp3) is 0.455. The van der Waals surface area contributed by atoms with Crippen LogP contribution in [0.4, 0.5) is 0 Å². The van der Waals surface area contributed by atoms with E-state index in [4.69, 9.17) is 4.74 Å². The molecule has 0 saturated heterocycles. The average Bonchev–Trinajstić information content (AvgIpc) is 2.04. The SMILES string of the molecule is CC1(C)CCOc2ccccc21. The Morgan fingerprint density at radius 2 is 2.00 bits per heavy atom. The summed E-state index contributed by atoms with van der Waals surface area (Å²) < 4.78 is 5.56. The molecule has 0 aliphatic carbocycles. The highest BCUT2D eigenvalue weighted by atomic mass is 16.5. The monoisotopic (exact) mass is 162 g/mol. The quantitative estimate of drug-likeness (QED) is 0.570. The Hall–Kier alpha value is -0.980. The maximum absolute atomic E-state index is 5.56. The van der Waals surface area contributed by atoms with Gasteiger partial charge in [0.25, 0.3) is 0 Å². The lowest BCUT2D eigenvalue weighted by Gasteiger charge is -2.32. The van der Waals surface area contributed by atoms with Crippen LogP contribution in [0, 0.1) is 0 Å². The molecule has 1 nitrogen and oxygen atoms in total. The van der Waals surface area contributed by atoms with Gasteiger partial charge in [0, 0.05) is 0 Å². The Bertz CT molecular complexity index is 289. The molecule has 2 rings (SSSR count). The molecule has 12 heavy (non-hydrogen) atoms. The van der Waals surface area contributed by atoms with Crippen LogP contribution in [0.15, 0.2) is 24.3 Å². The molecule has 0 radical (unpaired) electrons. The van der Waals surface area contributed by atoms with Gasteiger partial charge in [-0.05, 0) is 23.5 Å². The Morgan fingerprint density at radius 1 is 1.25 bits per heavy atom. The zero-order valence-corrected chi connectivity index (χ0v) is 7.63. The van der Waals surface area contributed by atoms with Crippen molar-refractivity contribution < 1.29 is 4.74 Å². The van der Waals surface area contributed by atoms with Crippen molar-refractivity contribution in [2.24, 2.45) is 0 Å². The number of fused-ring (bicyclic) bond motifs is 1. The highest BCUT2D eigenvalue weighted by Gasteiger charge is 2.27.